The lowest BCUT2D eigenvalue weighted by Crippen LogP contribution is -2.60. The molecule has 6 nitrogen and oxygen atoms in total. The number of carbonyl (C=O) groups excluding carboxylic acids is 1. The molecule has 0 bridgehead atoms. The van der Waals surface area contributed by atoms with Crippen molar-refractivity contribution in [3.05, 3.63) is 0 Å². The molecule has 1 aliphatic heterocycles. The Hall–Kier alpha value is -1.30. The predicted molar refractivity (Wildman–Crippen MR) is 75.7 cm³/mol. The highest BCUT2D eigenvalue weighted by molar-refractivity contribution is 5.85. The van der Waals surface area contributed by atoms with Crippen molar-refractivity contribution in [3.8, 4) is 0 Å². The first kappa shape index (κ1) is 16.8. The smallest absolute Gasteiger partial charge is 0.329 e. The van der Waals surface area contributed by atoms with Crippen molar-refractivity contribution in [2.75, 3.05) is 26.7 Å². The molecule has 1 N–H and O–H groups in total. The third-order valence-electron chi connectivity index (χ3n) is 4.17. The molecule has 20 heavy (non-hydrogen) atoms. The van der Waals surface area contributed by atoms with Gasteiger partial charge in [0.05, 0.1) is 12.1 Å². The lowest BCUT2D eigenvalue weighted by Gasteiger charge is -2.43. The van der Waals surface area contributed by atoms with E-state index in [9.17, 15) is 14.7 Å². The first-order chi connectivity index (χ1) is 9.18. The van der Waals surface area contributed by atoms with Crippen molar-refractivity contribution in [1.29, 1.82) is 0 Å². The van der Waals surface area contributed by atoms with Crippen LogP contribution in [0.25, 0.3) is 0 Å². The van der Waals surface area contributed by atoms with Gasteiger partial charge in [-0.05, 0) is 40.5 Å². The van der Waals surface area contributed by atoms with Crippen molar-refractivity contribution in [3.63, 3.8) is 0 Å². The summed E-state index contributed by atoms with van der Waals surface area (Å²) >= 11 is 0. The summed E-state index contributed by atoms with van der Waals surface area (Å²) in [5.41, 5.74) is -1.56. The minimum Gasteiger partial charge on any atom is -0.480 e. The maximum Gasteiger partial charge on any atom is 0.329 e. The summed E-state index contributed by atoms with van der Waals surface area (Å²) in [5.74, 6) is -1.00. The summed E-state index contributed by atoms with van der Waals surface area (Å²) in [7, 11) is 1.65. The number of carboxylic acids is 1. The largest absolute Gasteiger partial charge is 0.480 e. The fourth-order valence-corrected chi connectivity index (χ4v) is 2.59. The molecular formula is C14H26N2O4. The van der Waals surface area contributed by atoms with Crippen molar-refractivity contribution in [2.45, 2.75) is 51.7 Å². The fraction of sp³-hybridized carbons (Fsp3) is 0.857. The van der Waals surface area contributed by atoms with Crippen LogP contribution in [0.1, 0.15) is 40.5 Å². The van der Waals surface area contributed by atoms with E-state index in [1.807, 2.05) is 6.92 Å². The van der Waals surface area contributed by atoms with Gasteiger partial charge in [0.2, 0.25) is 0 Å². The Morgan fingerprint density at radius 3 is 2.50 bits per heavy atom. The topological polar surface area (TPSA) is 70.1 Å². The van der Waals surface area contributed by atoms with Crippen LogP contribution in [-0.2, 0) is 9.53 Å². The molecule has 1 atom stereocenters. The maximum absolute atomic E-state index is 12.6. The molecule has 1 unspecified atom stereocenters. The van der Waals surface area contributed by atoms with Crippen LogP contribution in [0.2, 0.25) is 0 Å². The summed E-state index contributed by atoms with van der Waals surface area (Å²) in [4.78, 5) is 27.1. The molecule has 0 radical (unpaired) electrons. The lowest BCUT2D eigenvalue weighted by molar-refractivity contribution is -0.148. The second-order valence-corrected chi connectivity index (χ2v) is 6.07. The minimum absolute atomic E-state index is 0.233. The number of likely N-dealkylation sites (tertiary alicyclic amines) is 1. The van der Waals surface area contributed by atoms with Gasteiger partial charge in [-0.2, -0.15) is 0 Å². The van der Waals surface area contributed by atoms with Crippen LogP contribution >= 0.6 is 0 Å². The van der Waals surface area contributed by atoms with Gasteiger partial charge < -0.3 is 19.6 Å². The van der Waals surface area contributed by atoms with Crippen LogP contribution < -0.4 is 0 Å². The highest BCUT2D eigenvalue weighted by atomic mass is 16.5. The summed E-state index contributed by atoms with van der Waals surface area (Å²) in [6.45, 7) is 8.37. The van der Waals surface area contributed by atoms with Crippen molar-refractivity contribution < 1.29 is 19.4 Å². The van der Waals surface area contributed by atoms with Crippen LogP contribution in [-0.4, -0.2) is 64.8 Å². The average molecular weight is 286 g/mol. The summed E-state index contributed by atoms with van der Waals surface area (Å²) in [6, 6.07) is -0.233. The van der Waals surface area contributed by atoms with E-state index in [0.717, 1.165) is 12.8 Å². The third kappa shape index (κ3) is 3.23. The quantitative estimate of drug-likeness (QED) is 0.855. The van der Waals surface area contributed by atoms with E-state index in [1.54, 1.807) is 32.8 Å². The summed E-state index contributed by atoms with van der Waals surface area (Å²) < 4.78 is 5.48. The number of rotatable bonds is 4. The van der Waals surface area contributed by atoms with Gasteiger partial charge in [0.15, 0.2) is 0 Å². The lowest BCUT2D eigenvalue weighted by atomic mass is 9.94. The van der Waals surface area contributed by atoms with Crippen molar-refractivity contribution in [2.24, 2.45) is 0 Å². The molecule has 0 saturated carbocycles. The number of likely N-dealkylation sites (N-methyl/N-ethyl adjacent to an activating group) is 1. The first-order valence-corrected chi connectivity index (χ1v) is 7.03. The van der Waals surface area contributed by atoms with E-state index in [-0.39, 0.29) is 11.6 Å². The number of ether oxygens (including phenoxy) is 1. The van der Waals surface area contributed by atoms with E-state index in [1.165, 1.54) is 4.90 Å². The Bertz CT molecular complexity index is 383. The van der Waals surface area contributed by atoms with Gasteiger partial charge in [0.25, 0.3) is 0 Å². The van der Waals surface area contributed by atoms with Crippen molar-refractivity contribution >= 4 is 12.0 Å². The molecule has 1 saturated heterocycles. The van der Waals surface area contributed by atoms with E-state index < -0.39 is 11.5 Å². The summed E-state index contributed by atoms with van der Waals surface area (Å²) in [5, 5.41) is 9.30. The maximum atomic E-state index is 12.6. The van der Waals surface area contributed by atoms with E-state index in [4.69, 9.17) is 4.74 Å². The third-order valence-corrected chi connectivity index (χ3v) is 4.17. The monoisotopic (exact) mass is 286 g/mol. The second-order valence-electron chi connectivity index (χ2n) is 6.07. The van der Waals surface area contributed by atoms with Crippen molar-refractivity contribution in [1.82, 2.24) is 9.80 Å². The van der Waals surface area contributed by atoms with Gasteiger partial charge in [0, 0.05) is 20.2 Å². The predicted octanol–water partition coefficient (Wildman–Crippen LogP) is 1.79. The standard InChI is InChI=1S/C14H26N2O4/c1-6-16(13(2,3)11(17)18)12(19)15-9-7-8-14(4,10-15)20-5/h6-10H2,1-5H3,(H,17,18). The Labute approximate surface area is 120 Å². The number of aliphatic carboxylic acids is 1. The number of carboxylic acid groups (broad SMARTS) is 1. The number of methoxy groups -OCH3 is 1. The van der Waals surface area contributed by atoms with E-state index in [2.05, 4.69) is 0 Å². The van der Waals surface area contributed by atoms with Gasteiger partial charge in [-0.1, -0.05) is 0 Å². The molecule has 116 valence electrons. The first-order valence-electron chi connectivity index (χ1n) is 7.03. The molecular weight excluding hydrogens is 260 g/mol. The average Bonchev–Trinajstić information content (AvgIpc) is 2.39. The Morgan fingerprint density at radius 1 is 1.45 bits per heavy atom. The fourth-order valence-electron chi connectivity index (χ4n) is 2.59. The molecule has 6 heteroatoms. The van der Waals surface area contributed by atoms with Gasteiger partial charge in [-0.25, -0.2) is 9.59 Å². The summed E-state index contributed by atoms with van der Waals surface area (Å²) in [6.07, 6.45) is 1.77. The number of amides is 2. The van der Waals surface area contributed by atoms with Crippen LogP contribution in [0.4, 0.5) is 4.79 Å². The highest BCUT2D eigenvalue weighted by Gasteiger charge is 2.41. The Balaban J connectivity index is 2.89. The number of hydrogen-bond acceptors (Lipinski definition) is 3. The molecule has 0 aromatic rings. The molecule has 1 rings (SSSR count). The molecule has 1 aliphatic rings. The van der Waals surface area contributed by atoms with Crippen LogP contribution in [0, 0.1) is 0 Å². The second kappa shape index (κ2) is 5.99. The zero-order valence-electron chi connectivity index (χ0n) is 13.1. The number of nitrogens with zero attached hydrogens (tertiary/aromatic N) is 2. The van der Waals surface area contributed by atoms with Gasteiger partial charge in [-0.15, -0.1) is 0 Å². The SMILES string of the molecule is CCN(C(=O)N1CCCC(C)(OC)C1)C(C)(C)C(=O)O. The molecule has 0 aromatic heterocycles. The van der Waals surface area contributed by atoms with Gasteiger partial charge >= 0.3 is 12.0 Å². The Morgan fingerprint density at radius 2 is 2.05 bits per heavy atom. The zero-order valence-corrected chi connectivity index (χ0v) is 13.1. The van der Waals surface area contributed by atoms with Crippen LogP contribution in [0.3, 0.4) is 0 Å². The highest BCUT2D eigenvalue weighted by Crippen LogP contribution is 2.26. The van der Waals surface area contributed by atoms with E-state index in [0.29, 0.717) is 19.6 Å². The van der Waals surface area contributed by atoms with Crippen LogP contribution in [0.15, 0.2) is 0 Å². The molecule has 0 spiro atoms. The van der Waals surface area contributed by atoms with E-state index >= 15 is 0 Å². The number of piperidine rings is 1. The Kier molecular flexibility index (Phi) is 5.02. The van der Waals surface area contributed by atoms with Gasteiger partial charge in [-0.3, -0.25) is 0 Å². The normalized spacial score (nSPS) is 23.6. The van der Waals surface area contributed by atoms with Gasteiger partial charge in [0.1, 0.15) is 5.54 Å². The molecule has 0 aliphatic carbocycles. The molecule has 0 aromatic carbocycles. The minimum atomic E-state index is -1.22. The number of hydrogen-bond donors (Lipinski definition) is 1. The number of carbonyl (C=O) groups is 2. The zero-order chi connectivity index (χ0) is 15.6. The molecule has 2 amide bonds. The molecule has 1 fully saturated rings. The van der Waals surface area contributed by atoms with Crippen LogP contribution in [0.5, 0.6) is 0 Å². The number of urea groups is 1. The molecule has 1 heterocycles.